The molecule has 33 heavy (non-hydrogen) atoms. The number of nitrogens with zero attached hydrogens (tertiary/aromatic N) is 1. The third kappa shape index (κ3) is 4.27. The normalized spacial score (nSPS) is 20.8. The van der Waals surface area contributed by atoms with Gasteiger partial charge in [0, 0.05) is 6.92 Å². The molecule has 1 heterocycles. The molecule has 3 aromatic rings. The summed E-state index contributed by atoms with van der Waals surface area (Å²) in [5.41, 5.74) is 0.531. The van der Waals surface area contributed by atoms with E-state index >= 15 is 0 Å². The highest BCUT2D eigenvalue weighted by Crippen LogP contribution is 2.50. The number of primary sulfonamides is 2. The fraction of sp³-hybridized carbons (Fsp3) is 0.136. The molecule has 0 aromatic heterocycles. The molecule has 4 N–H and O–H groups in total. The largest absolute Gasteiger partial charge is 0.470 e. The number of benzene rings is 3. The van der Waals surface area contributed by atoms with Crippen molar-refractivity contribution in [2.45, 2.75) is 28.4 Å². The van der Waals surface area contributed by atoms with E-state index in [4.69, 9.17) is 20.0 Å². The fourth-order valence-corrected chi connectivity index (χ4v) is 4.96. The number of halogens is 1. The molecule has 0 radical (unpaired) electrons. The molecule has 4 rings (SSSR count). The second kappa shape index (κ2) is 8.03. The van der Waals surface area contributed by atoms with E-state index in [1.54, 1.807) is 43.3 Å². The molecule has 0 spiro atoms. The second-order valence-electron chi connectivity index (χ2n) is 7.59. The molecule has 11 heteroatoms. The van der Waals surface area contributed by atoms with E-state index in [9.17, 15) is 21.2 Å². The molecule has 172 valence electrons. The van der Waals surface area contributed by atoms with Gasteiger partial charge in [-0.05, 0) is 53.1 Å². The van der Waals surface area contributed by atoms with Crippen LogP contribution in [0.5, 0.6) is 0 Å². The molecule has 0 fully saturated rings. The molecule has 0 aliphatic carbocycles. The maximum absolute atomic E-state index is 13.7. The number of rotatable bonds is 5. The fourth-order valence-electron chi connectivity index (χ4n) is 3.93. The van der Waals surface area contributed by atoms with Crippen LogP contribution < -0.4 is 10.3 Å². The summed E-state index contributed by atoms with van der Waals surface area (Å²) in [6.07, 6.45) is -0.766. The summed E-state index contributed by atoms with van der Waals surface area (Å²) in [4.78, 5) is 4.62. The molecule has 3 aromatic carbocycles. The van der Waals surface area contributed by atoms with Crippen LogP contribution in [0.1, 0.15) is 29.7 Å². The van der Waals surface area contributed by atoms with Crippen molar-refractivity contribution in [2.24, 2.45) is 15.3 Å². The van der Waals surface area contributed by atoms with Gasteiger partial charge in [-0.2, -0.15) is 0 Å². The van der Waals surface area contributed by atoms with Crippen molar-refractivity contribution >= 4 is 25.9 Å². The highest BCUT2D eigenvalue weighted by molar-refractivity contribution is 7.89. The van der Waals surface area contributed by atoms with Gasteiger partial charge in [0.2, 0.25) is 20.0 Å². The zero-order valence-corrected chi connectivity index (χ0v) is 19.0. The highest BCUT2D eigenvalue weighted by Gasteiger charge is 2.49. The van der Waals surface area contributed by atoms with E-state index in [0.29, 0.717) is 22.6 Å². The van der Waals surface area contributed by atoms with Gasteiger partial charge in [0.05, 0.1) is 9.79 Å². The lowest BCUT2D eigenvalue weighted by Gasteiger charge is -2.33. The van der Waals surface area contributed by atoms with E-state index in [2.05, 4.69) is 0 Å². The van der Waals surface area contributed by atoms with E-state index in [-0.39, 0.29) is 9.79 Å². The van der Waals surface area contributed by atoms with Gasteiger partial charge in [-0.1, -0.05) is 36.4 Å². The summed E-state index contributed by atoms with van der Waals surface area (Å²) in [7, 11) is -7.80. The minimum absolute atomic E-state index is 0.0632. The molecule has 0 bridgehead atoms. The number of ether oxygens (including phenoxy) is 1. The van der Waals surface area contributed by atoms with Crippen LogP contribution in [0.15, 0.2) is 87.6 Å². The quantitative estimate of drug-likeness (QED) is 0.566. The molecule has 1 aliphatic rings. The van der Waals surface area contributed by atoms with E-state index in [1.165, 1.54) is 36.4 Å². The van der Waals surface area contributed by atoms with Crippen molar-refractivity contribution in [3.05, 3.63) is 95.3 Å². The SMILES string of the molecule is CC1=NC(c2ccc(F)cc2)(c2ccc(S(N)(=O)=O)cc2)C(c2ccc(S(N)(=O)=O)cc2)O1. The Hall–Kier alpha value is -3.12. The van der Waals surface area contributed by atoms with Gasteiger partial charge >= 0.3 is 0 Å². The Bertz CT molecular complexity index is 1440. The van der Waals surface area contributed by atoms with Gasteiger partial charge in [0.25, 0.3) is 0 Å². The Kier molecular flexibility index (Phi) is 5.61. The summed E-state index contributed by atoms with van der Waals surface area (Å²) >= 11 is 0. The van der Waals surface area contributed by atoms with Crippen LogP contribution in [-0.2, 0) is 30.3 Å². The molecule has 0 amide bonds. The van der Waals surface area contributed by atoms with Gasteiger partial charge in [-0.15, -0.1) is 0 Å². The lowest BCUT2D eigenvalue weighted by atomic mass is 9.76. The molecular formula is C22H20FN3O5S2. The third-order valence-electron chi connectivity index (χ3n) is 5.42. The summed E-state index contributed by atoms with van der Waals surface area (Å²) in [5.74, 6) is -0.0949. The first-order valence-electron chi connectivity index (χ1n) is 9.66. The van der Waals surface area contributed by atoms with Crippen molar-refractivity contribution in [1.29, 1.82) is 0 Å². The van der Waals surface area contributed by atoms with Gasteiger partial charge in [-0.25, -0.2) is 36.5 Å². The zero-order valence-electron chi connectivity index (χ0n) is 17.3. The predicted octanol–water partition coefficient (Wildman–Crippen LogP) is 2.55. The zero-order chi connectivity index (χ0) is 24.0. The van der Waals surface area contributed by atoms with Gasteiger partial charge in [0.15, 0.2) is 17.5 Å². The molecule has 0 saturated carbocycles. The van der Waals surface area contributed by atoms with E-state index in [0.717, 1.165) is 0 Å². The van der Waals surface area contributed by atoms with E-state index < -0.39 is 37.5 Å². The maximum atomic E-state index is 13.7. The van der Waals surface area contributed by atoms with Crippen LogP contribution in [0.4, 0.5) is 4.39 Å². The highest BCUT2D eigenvalue weighted by atomic mass is 32.2. The monoisotopic (exact) mass is 489 g/mol. The molecule has 0 saturated heterocycles. The Morgan fingerprint density at radius 1 is 0.788 bits per heavy atom. The average Bonchev–Trinajstić information content (AvgIpc) is 3.11. The Morgan fingerprint density at radius 3 is 1.67 bits per heavy atom. The summed E-state index contributed by atoms with van der Waals surface area (Å²) < 4.78 is 66.6. The average molecular weight is 490 g/mol. The first kappa shape index (κ1) is 23.1. The smallest absolute Gasteiger partial charge is 0.238 e. The molecule has 8 nitrogen and oxygen atoms in total. The summed E-state index contributed by atoms with van der Waals surface area (Å²) in [5, 5.41) is 10.4. The molecule has 2 atom stereocenters. The van der Waals surface area contributed by atoms with Crippen LogP contribution in [0.3, 0.4) is 0 Å². The standard InChI is InChI=1S/C22H20FN3O5S2/c1-14-26-22(16-4-8-18(23)9-5-16,17-6-12-20(13-7-17)33(25,29)30)21(31-14)15-2-10-19(11-3-15)32(24,27)28/h2-13,21H,1H3,(H2,24,27,28)(H2,25,29,30). The Balaban J connectivity index is 1.93. The van der Waals surface area contributed by atoms with Crippen LogP contribution in [0, 0.1) is 5.82 Å². The maximum Gasteiger partial charge on any atom is 0.238 e. The van der Waals surface area contributed by atoms with Crippen LogP contribution in [-0.4, -0.2) is 22.7 Å². The number of hydrogen-bond donors (Lipinski definition) is 2. The van der Waals surface area contributed by atoms with Crippen molar-refractivity contribution < 1.29 is 26.0 Å². The number of hydrogen-bond acceptors (Lipinski definition) is 6. The number of nitrogens with two attached hydrogens (primary N) is 2. The Morgan fingerprint density at radius 2 is 1.21 bits per heavy atom. The first-order valence-corrected chi connectivity index (χ1v) is 12.8. The lowest BCUT2D eigenvalue weighted by molar-refractivity contribution is 0.157. The Labute approximate surface area is 190 Å². The van der Waals surface area contributed by atoms with Crippen molar-refractivity contribution in [2.75, 3.05) is 0 Å². The minimum atomic E-state index is -3.91. The summed E-state index contributed by atoms with van der Waals surface area (Å²) in [6.45, 7) is 1.66. The second-order valence-corrected chi connectivity index (χ2v) is 10.7. The van der Waals surface area contributed by atoms with Crippen LogP contribution >= 0.6 is 0 Å². The van der Waals surface area contributed by atoms with E-state index in [1.807, 2.05) is 0 Å². The van der Waals surface area contributed by atoms with Gasteiger partial charge < -0.3 is 4.74 Å². The van der Waals surface area contributed by atoms with Crippen molar-refractivity contribution in [1.82, 2.24) is 0 Å². The molecule has 2 unspecified atom stereocenters. The molecular weight excluding hydrogens is 469 g/mol. The van der Waals surface area contributed by atoms with Gasteiger partial charge in [0.1, 0.15) is 5.82 Å². The summed E-state index contributed by atoms with van der Waals surface area (Å²) in [6, 6.07) is 17.4. The molecule has 1 aliphatic heterocycles. The van der Waals surface area contributed by atoms with Crippen molar-refractivity contribution in [3.63, 3.8) is 0 Å². The van der Waals surface area contributed by atoms with Crippen LogP contribution in [0.2, 0.25) is 0 Å². The van der Waals surface area contributed by atoms with Crippen molar-refractivity contribution in [3.8, 4) is 0 Å². The topological polar surface area (TPSA) is 142 Å². The first-order chi connectivity index (χ1) is 15.4. The number of sulfonamides is 2. The lowest BCUT2D eigenvalue weighted by Crippen LogP contribution is -2.31. The van der Waals surface area contributed by atoms with Gasteiger partial charge in [-0.3, -0.25) is 0 Å². The minimum Gasteiger partial charge on any atom is -0.470 e. The predicted molar refractivity (Wildman–Crippen MR) is 120 cm³/mol. The number of aliphatic imine (C=N–C) groups is 1. The third-order valence-corrected chi connectivity index (χ3v) is 7.28. The van der Waals surface area contributed by atoms with Crippen LogP contribution in [0.25, 0.3) is 0 Å².